The Bertz CT molecular complexity index is 627. The van der Waals surface area contributed by atoms with Gasteiger partial charge in [0.2, 0.25) is 0 Å². The number of esters is 1. The Morgan fingerprint density at radius 1 is 1.25 bits per heavy atom. The Labute approximate surface area is 169 Å². The maximum Gasteiger partial charge on any atom is 0.407 e. The molecule has 2 atom stereocenters. The minimum absolute atomic E-state index is 0.137. The molecule has 8 heteroatoms. The van der Waals surface area contributed by atoms with E-state index in [2.05, 4.69) is 35.3 Å². The van der Waals surface area contributed by atoms with Crippen molar-refractivity contribution in [1.29, 1.82) is 0 Å². The summed E-state index contributed by atoms with van der Waals surface area (Å²) in [6.07, 6.45) is 3.45. The zero-order chi connectivity index (χ0) is 21.4. The number of amides is 1. The van der Waals surface area contributed by atoms with Gasteiger partial charge in [-0.25, -0.2) is 4.79 Å². The van der Waals surface area contributed by atoms with Crippen molar-refractivity contribution >= 4 is 20.1 Å². The van der Waals surface area contributed by atoms with Gasteiger partial charge >= 0.3 is 12.1 Å². The van der Waals surface area contributed by atoms with Crippen molar-refractivity contribution < 1.29 is 19.1 Å². The van der Waals surface area contributed by atoms with Gasteiger partial charge in [-0.05, 0) is 44.9 Å². The molecule has 158 valence electrons. The fraction of sp³-hybridized carbons (Fsp3) is 0.650. The van der Waals surface area contributed by atoms with Crippen molar-refractivity contribution in [1.82, 2.24) is 15.6 Å². The van der Waals surface area contributed by atoms with E-state index in [9.17, 15) is 9.59 Å². The van der Waals surface area contributed by atoms with Crippen molar-refractivity contribution in [3.8, 4) is 0 Å². The molecular weight excluding hydrogens is 374 g/mol. The summed E-state index contributed by atoms with van der Waals surface area (Å²) < 4.78 is 10.3. The van der Waals surface area contributed by atoms with Gasteiger partial charge < -0.3 is 20.1 Å². The topological polar surface area (TPSA) is 89.5 Å². The molecule has 0 fully saturated rings. The highest BCUT2D eigenvalue weighted by atomic mass is 28.3. The average Bonchev–Trinajstić information content (AvgIpc) is 2.55. The lowest BCUT2D eigenvalue weighted by Gasteiger charge is -2.29. The molecule has 1 rings (SSSR count). The van der Waals surface area contributed by atoms with Crippen LogP contribution in [-0.4, -0.2) is 56.5 Å². The highest BCUT2D eigenvalue weighted by Gasteiger charge is 2.27. The van der Waals surface area contributed by atoms with Crippen LogP contribution in [0.3, 0.4) is 0 Å². The molecule has 0 aliphatic carbocycles. The summed E-state index contributed by atoms with van der Waals surface area (Å²) in [5, 5.41) is 6.21. The smallest absolute Gasteiger partial charge is 0.407 e. The van der Waals surface area contributed by atoms with Crippen LogP contribution in [0.25, 0.3) is 0 Å². The van der Waals surface area contributed by atoms with E-state index < -0.39 is 25.8 Å². The first-order chi connectivity index (χ1) is 12.9. The largest absolute Gasteiger partial charge is 0.468 e. The highest BCUT2D eigenvalue weighted by molar-refractivity contribution is 6.76. The third kappa shape index (κ3) is 10.4. The lowest BCUT2D eigenvalue weighted by Crippen LogP contribution is -2.51. The second kappa shape index (κ2) is 10.6. The molecule has 0 spiro atoms. The Morgan fingerprint density at radius 3 is 2.43 bits per heavy atom. The normalized spacial score (nSPS) is 14.1. The summed E-state index contributed by atoms with van der Waals surface area (Å²) in [7, 11) is -0.0901. The van der Waals surface area contributed by atoms with Gasteiger partial charge in [0.1, 0.15) is 11.6 Å². The number of nitrogens with one attached hydrogen (secondary N) is 2. The van der Waals surface area contributed by atoms with Crippen molar-refractivity contribution in [2.75, 3.05) is 13.7 Å². The van der Waals surface area contributed by atoms with E-state index in [-0.39, 0.29) is 12.0 Å². The van der Waals surface area contributed by atoms with Crippen LogP contribution >= 0.6 is 0 Å². The highest BCUT2D eigenvalue weighted by Crippen LogP contribution is 2.13. The van der Waals surface area contributed by atoms with Gasteiger partial charge in [0.05, 0.1) is 7.11 Å². The van der Waals surface area contributed by atoms with Crippen LogP contribution in [0, 0.1) is 0 Å². The molecule has 7 nitrogen and oxygen atoms in total. The molecular formula is C20H35N3O4Si. The molecule has 1 aromatic rings. The molecule has 0 unspecified atom stereocenters. The quantitative estimate of drug-likeness (QED) is 0.481. The van der Waals surface area contributed by atoms with Gasteiger partial charge in [-0.3, -0.25) is 9.78 Å². The number of carbonyl (C=O) groups is 2. The minimum Gasteiger partial charge on any atom is -0.468 e. The second-order valence-electron chi connectivity index (χ2n) is 9.16. The van der Waals surface area contributed by atoms with Crippen LogP contribution in [-0.2, 0) is 20.7 Å². The van der Waals surface area contributed by atoms with E-state index >= 15 is 0 Å². The lowest BCUT2D eigenvalue weighted by atomic mass is 10.1. The first-order valence-corrected chi connectivity index (χ1v) is 13.3. The zero-order valence-electron chi connectivity index (χ0n) is 18.2. The van der Waals surface area contributed by atoms with Gasteiger partial charge in [0.15, 0.2) is 0 Å². The van der Waals surface area contributed by atoms with Crippen LogP contribution in [0.2, 0.25) is 25.7 Å². The predicted molar refractivity (Wildman–Crippen MR) is 113 cm³/mol. The van der Waals surface area contributed by atoms with Crippen molar-refractivity contribution in [2.45, 2.75) is 70.6 Å². The molecule has 0 aromatic carbocycles. The van der Waals surface area contributed by atoms with E-state index in [0.717, 1.165) is 11.6 Å². The molecule has 0 bridgehead atoms. The van der Waals surface area contributed by atoms with E-state index in [1.54, 1.807) is 12.4 Å². The molecule has 0 aliphatic rings. The monoisotopic (exact) mass is 409 g/mol. The molecule has 0 radical (unpaired) electrons. The second-order valence-corrected chi connectivity index (χ2v) is 14.7. The number of rotatable bonds is 9. The summed E-state index contributed by atoms with van der Waals surface area (Å²) in [6.45, 7) is 12.7. The van der Waals surface area contributed by atoms with E-state index in [1.807, 2.05) is 32.9 Å². The average molecular weight is 410 g/mol. The minimum atomic E-state index is -1.46. The van der Waals surface area contributed by atoms with Gasteiger partial charge in [-0.2, -0.15) is 0 Å². The molecule has 0 saturated carbocycles. The summed E-state index contributed by atoms with van der Waals surface area (Å²) in [6, 6.07) is 3.96. The van der Waals surface area contributed by atoms with Gasteiger partial charge in [0.25, 0.3) is 0 Å². The van der Waals surface area contributed by atoms with Crippen LogP contribution in [0.15, 0.2) is 24.5 Å². The van der Waals surface area contributed by atoms with Crippen molar-refractivity contribution in [2.24, 2.45) is 0 Å². The summed E-state index contributed by atoms with van der Waals surface area (Å²) in [5.41, 5.74) is 0.378. The first-order valence-electron chi connectivity index (χ1n) is 9.59. The third-order valence-electron chi connectivity index (χ3n) is 3.84. The fourth-order valence-corrected chi connectivity index (χ4v) is 4.53. The number of hydrogen-bond donors (Lipinski definition) is 2. The number of aromatic nitrogens is 1. The van der Waals surface area contributed by atoms with E-state index in [1.165, 1.54) is 7.11 Å². The van der Waals surface area contributed by atoms with Crippen LogP contribution in [0.5, 0.6) is 0 Å². The Hall–Kier alpha value is -1.93. The summed E-state index contributed by atoms with van der Waals surface area (Å²) >= 11 is 0. The maximum atomic E-state index is 12.2. The van der Waals surface area contributed by atoms with Crippen molar-refractivity contribution in [3.63, 3.8) is 0 Å². The zero-order valence-corrected chi connectivity index (χ0v) is 19.2. The summed E-state index contributed by atoms with van der Waals surface area (Å²) in [5.74, 6) is -0.340. The first kappa shape index (κ1) is 24.1. The van der Waals surface area contributed by atoms with E-state index in [0.29, 0.717) is 13.0 Å². The SMILES string of the molecule is COC(=O)[C@H](Cc1cccnc1)NC[C@H](C[Si](C)(C)C)NC(=O)OC(C)(C)C. The molecule has 1 heterocycles. The number of nitrogens with zero attached hydrogens (tertiary/aromatic N) is 1. The van der Waals surface area contributed by atoms with Crippen molar-refractivity contribution in [3.05, 3.63) is 30.1 Å². The fourth-order valence-electron chi connectivity index (χ4n) is 2.81. The Kier molecular flexibility index (Phi) is 9.10. The van der Waals surface area contributed by atoms with Gasteiger partial charge in [-0.1, -0.05) is 25.7 Å². The number of hydrogen-bond acceptors (Lipinski definition) is 6. The number of alkyl carbamates (subject to hydrolysis) is 1. The standard InChI is InChI=1S/C20H35N3O4Si/c1-20(2,3)27-19(25)23-16(14-28(5,6)7)13-22-17(18(24)26-4)11-15-9-8-10-21-12-15/h8-10,12,16-17,22H,11,13-14H2,1-7H3,(H,23,25)/t16-,17+/m1/s1. The Morgan fingerprint density at radius 2 is 1.93 bits per heavy atom. The molecule has 0 aliphatic heterocycles. The molecule has 28 heavy (non-hydrogen) atoms. The maximum absolute atomic E-state index is 12.2. The number of methoxy groups -OCH3 is 1. The molecule has 1 aromatic heterocycles. The molecule has 0 saturated heterocycles. The predicted octanol–water partition coefficient (Wildman–Crippen LogP) is 2.99. The lowest BCUT2D eigenvalue weighted by molar-refractivity contribution is -0.143. The Balaban J connectivity index is 2.80. The number of carbonyl (C=O) groups excluding carboxylic acids is 2. The third-order valence-corrected chi connectivity index (χ3v) is 5.56. The summed E-state index contributed by atoms with van der Waals surface area (Å²) in [4.78, 5) is 28.5. The van der Waals surface area contributed by atoms with Crippen LogP contribution < -0.4 is 10.6 Å². The molecule has 1 amide bonds. The van der Waals surface area contributed by atoms with E-state index in [4.69, 9.17) is 9.47 Å². The van der Waals surface area contributed by atoms with Gasteiger partial charge in [0, 0.05) is 33.1 Å². The molecule has 2 N–H and O–H groups in total. The number of ether oxygens (including phenoxy) is 2. The van der Waals surface area contributed by atoms with Crippen LogP contribution in [0.1, 0.15) is 26.3 Å². The number of pyridine rings is 1. The van der Waals surface area contributed by atoms with Crippen LogP contribution in [0.4, 0.5) is 4.79 Å². The van der Waals surface area contributed by atoms with Gasteiger partial charge in [-0.15, -0.1) is 0 Å².